The van der Waals surface area contributed by atoms with Crippen molar-refractivity contribution in [3.63, 3.8) is 0 Å². The Bertz CT molecular complexity index is 239. The third kappa shape index (κ3) is 3.46. The fraction of sp³-hybridized carbons (Fsp3) is 0.125. The minimum atomic E-state index is 0.537. The quantitative estimate of drug-likeness (QED) is 0.604. The van der Waals surface area contributed by atoms with Gasteiger partial charge in [0.2, 0.25) is 0 Å². The molecule has 1 aromatic rings. The first-order chi connectivity index (χ1) is 5.89. The lowest BCUT2D eigenvalue weighted by Crippen LogP contribution is -1.82. The third-order valence-electron chi connectivity index (χ3n) is 1.14. The fourth-order valence-electron chi connectivity index (χ4n) is 0.618. The summed E-state index contributed by atoms with van der Waals surface area (Å²) < 4.78 is 4.80. The average molecular weight is 165 g/mol. The Morgan fingerprint density at radius 1 is 1.50 bits per heavy atom. The van der Waals surface area contributed by atoms with Gasteiger partial charge in [-0.15, -0.1) is 0 Å². The van der Waals surface area contributed by atoms with E-state index in [1.807, 2.05) is 18.2 Å². The van der Waals surface area contributed by atoms with Crippen molar-refractivity contribution in [2.24, 2.45) is 0 Å². The van der Waals surface area contributed by atoms with E-state index in [0.717, 1.165) is 6.61 Å². The number of nitrogens with two attached hydrogens (primary N) is 1. The summed E-state index contributed by atoms with van der Waals surface area (Å²) in [5, 5.41) is 6.12. The van der Waals surface area contributed by atoms with E-state index < -0.39 is 0 Å². The first-order valence-electron chi connectivity index (χ1n) is 3.58. The average Bonchev–Trinajstić information content (AvgIpc) is 2.60. The van der Waals surface area contributed by atoms with Crippen LogP contribution in [0.15, 0.2) is 36.8 Å². The maximum Gasteiger partial charge on any atom is 0.145 e. The predicted molar refractivity (Wildman–Crippen MR) is 47.2 cm³/mol. The summed E-state index contributed by atoms with van der Waals surface area (Å²) in [5.41, 5.74) is 5.14. The molecule has 1 aliphatic heterocycles. The molecule has 0 aliphatic carbocycles. The van der Waals surface area contributed by atoms with E-state index in [1.165, 1.54) is 0 Å². The number of nitrogens with one attached hydrogen (secondary N) is 1. The second-order valence-electron chi connectivity index (χ2n) is 2.09. The van der Waals surface area contributed by atoms with E-state index in [0.29, 0.717) is 5.82 Å². The van der Waals surface area contributed by atoms with Gasteiger partial charge in [-0.25, -0.2) is 0 Å². The summed E-state index contributed by atoms with van der Waals surface area (Å²) >= 11 is 0. The smallest absolute Gasteiger partial charge is 0.145 e. The van der Waals surface area contributed by atoms with Crippen molar-refractivity contribution in [2.75, 3.05) is 12.3 Å². The molecule has 4 nitrogen and oxygen atoms in total. The molecular weight excluding hydrogens is 154 g/mol. The second kappa shape index (κ2) is 5.01. The Morgan fingerprint density at radius 2 is 2.42 bits per heavy atom. The number of aromatic amines is 1. The molecule has 0 unspecified atom stereocenters. The minimum absolute atomic E-state index is 0.537. The van der Waals surface area contributed by atoms with Crippen LogP contribution in [0.1, 0.15) is 0 Å². The van der Waals surface area contributed by atoms with E-state index in [4.69, 9.17) is 10.5 Å². The molecule has 0 atom stereocenters. The Morgan fingerprint density at radius 3 is 2.58 bits per heavy atom. The van der Waals surface area contributed by atoms with E-state index in [2.05, 4.69) is 10.2 Å². The van der Waals surface area contributed by atoms with Gasteiger partial charge >= 0.3 is 0 Å². The van der Waals surface area contributed by atoms with Gasteiger partial charge in [-0.3, -0.25) is 5.10 Å². The summed E-state index contributed by atoms with van der Waals surface area (Å²) in [5.74, 6) is 0.537. The highest BCUT2D eigenvalue weighted by molar-refractivity contribution is 5.22. The van der Waals surface area contributed by atoms with E-state index in [9.17, 15) is 0 Å². The van der Waals surface area contributed by atoms with Crippen molar-refractivity contribution in [1.29, 1.82) is 0 Å². The minimum Gasteiger partial charge on any atom is -0.497 e. The van der Waals surface area contributed by atoms with Crippen LogP contribution < -0.4 is 5.73 Å². The van der Waals surface area contributed by atoms with Crippen LogP contribution >= 0.6 is 0 Å². The van der Waals surface area contributed by atoms with Crippen LogP contribution in [0.4, 0.5) is 5.82 Å². The first kappa shape index (κ1) is 8.39. The number of anilines is 1. The molecular formula is C8H11N3O. The van der Waals surface area contributed by atoms with Gasteiger partial charge in [0.25, 0.3) is 0 Å². The van der Waals surface area contributed by atoms with Crippen molar-refractivity contribution >= 4 is 5.82 Å². The molecule has 4 heteroatoms. The molecule has 3 N–H and O–H groups in total. The van der Waals surface area contributed by atoms with E-state index >= 15 is 0 Å². The number of rotatable bonds is 0. The molecule has 0 aromatic carbocycles. The highest BCUT2D eigenvalue weighted by atomic mass is 16.5. The number of H-pyrrole nitrogens is 1. The van der Waals surface area contributed by atoms with Crippen molar-refractivity contribution < 1.29 is 4.74 Å². The maximum atomic E-state index is 5.14. The monoisotopic (exact) mass is 165 g/mol. The first-order valence-corrected chi connectivity index (χ1v) is 3.58. The fourth-order valence-corrected chi connectivity index (χ4v) is 0.618. The van der Waals surface area contributed by atoms with Crippen LogP contribution in [0, 0.1) is 0 Å². The van der Waals surface area contributed by atoms with Crippen LogP contribution in [0.3, 0.4) is 0 Å². The van der Waals surface area contributed by atoms with Gasteiger partial charge in [0.15, 0.2) is 0 Å². The Labute approximate surface area is 70.7 Å². The van der Waals surface area contributed by atoms with Gasteiger partial charge in [-0.2, -0.15) is 5.10 Å². The number of ether oxygens (including phenoxy) is 1. The summed E-state index contributed by atoms with van der Waals surface area (Å²) in [4.78, 5) is 0. The van der Waals surface area contributed by atoms with Crippen molar-refractivity contribution in [2.45, 2.75) is 0 Å². The molecule has 0 fully saturated rings. The molecule has 0 spiro atoms. The highest BCUT2D eigenvalue weighted by Crippen LogP contribution is 1.87. The van der Waals surface area contributed by atoms with Crippen LogP contribution in [0.2, 0.25) is 0 Å². The molecule has 12 heavy (non-hydrogen) atoms. The number of aromatic nitrogens is 2. The van der Waals surface area contributed by atoms with E-state index in [1.54, 1.807) is 18.5 Å². The maximum absolute atomic E-state index is 5.14. The standard InChI is InChI=1S/C5H6O.C3H5N3/c1-2-4-6-5-3-1;4-3-1-2-5-6-3/h1-4H,5H2;1-2H,(H3,4,5,6). The zero-order valence-electron chi connectivity index (χ0n) is 6.60. The topological polar surface area (TPSA) is 63.9 Å². The molecule has 64 valence electrons. The van der Waals surface area contributed by atoms with Gasteiger partial charge in [-0.1, -0.05) is 6.08 Å². The number of hydrogen-bond acceptors (Lipinski definition) is 3. The Hall–Kier alpha value is -1.71. The lowest BCUT2D eigenvalue weighted by atomic mass is 10.5. The Balaban J connectivity index is 0.000000120. The van der Waals surface area contributed by atoms with Gasteiger partial charge in [0.05, 0.1) is 6.26 Å². The lowest BCUT2D eigenvalue weighted by Gasteiger charge is -1.94. The molecule has 0 amide bonds. The summed E-state index contributed by atoms with van der Waals surface area (Å²) in [6.07, 6.45) is 9.14. The lowest BCUT2D eigenvalue weighted by molar-refractivity contribution is 0.286. The number of allylic oxidation sites excluding steroid dienone is 2. The van der Waals surface area contributed by atoms with Crippen LogP contribution in [0.25, 0.3) is 0 Å². The normalized spacial score (nSPS) is 13.0. The molecule has 2 rings (SSSR count). The molecule has 2 heterocycles. The number of nitrogen functional groups attached to an aromatic ring is 1. The predicted octanol–water partition coefficient (Wildman–Crippen LogP) is 1.08. The number of nitrogens with zero attached hydrogens (tertiary/aromatic N) is 1. The largest absolute Gasteiger partial charge is 0.497 e. The van der Waals surface area contributed by atoms with Crippen LogP contribution in [-0.4, -0.2) is 16.8 Å². The molecule has 1 aromatic heterocycles. The molecule has 1 aliphatic rings. The molecule has 0 saturated carbocycles. The molecule has 0 saturated heterocycles. The summed E-state index contributed by atoms with van der Waals surface area (Å²) in [7, 11) is 0. The number of hydrogen-bond donors (Lipinski definition) is 2. The third-order valence-corrected chi connectivity index (χ3v) is 1.14. The zero-order chi connectivity index (χ0) is 8.65. The highest BCUT2D eigenvalue weighted by Gasteiger charge is 1.75. The van der Waals surface area contributed by atoms with Crippen LogP contribution in [0.5, 0.6) is 0 Å². The van der Waals surface area contributed by atoms with Crippen molar-refractivity contribution in [3.05, 3.63) is 36.8 Å². The van der Waals surface area contributed by atoms with Gasteiger partial charge in [0.1, 0.15) is 12.4 Å². The SMILES string of the molecule is C1=CCOC=C1.Nc1cc[nH]n1. The van der Waals surface area contributed by atoms with Crippen LogP contribution in [-0.2, 0) is 4.74 Å². The zero-order valence-corrected chi connectivity index (χ0v) is 6.60. The van der Waals surface area contributed by atoms with Crippen molar-refractivity contribution in [3.8, 4) is 0 Å². The molecule has 0 bridgehead atoms. The Kier molecular flexibility index (Phi) is 3.50. The van der Waals surface area contributed by atoms with Crippen molar-refractivity contribution in [1.82, 2.24) is 10.2 Å². The summed E-state index contributed by atoms with van der Waals surface area (Å²) in [6.45, 7) is 0.733. The van der Waals surface area contributed by atoms with Gasteiger partial charge in [-0.05, 0) is 18.2 Å². The van der Waals surface area contributed by atoms with E-state index in [-0.39, 0.29) is 0 Å². The van der Waals surface area contributed by atoms with Gasteiger partial charge < -0.3 is 10.5 Å². The van der Waals surface area contributed by atoms with Gasteiger partial charge in [0, 0.05) is 6.20 Å². The summed E-state index contributed by atoms with van der Waals surface area (Å²) in [6, 6.07) is 1.69. The molecule has 0 radical (unpaired) electrons. The second-order valence-corrected chi connectivity index (χ2v) is 2.09.